The van der Waals surface area contributed by atoms with Crippen molar-refractivity contribution >= 4 is 21.9 Å². The van der Waals surface area contributed by atoms with Crippen LogP contribution in [0.15, 0.2) is 95.4 Å². The Labute approximate surface area is 146 Å². The highest BCUT2D eigenvalue weighted by atomic mass is 16.3. The van der Waals surface area contributed by atoms with Gasteiger partial charge in [-0.25, -0.2) is 0 Å². The van der Waals surface area contributed by atoms with Gasteiger partial charge in [0.1, 0.15) is 11.2 Å². The fourth-order valence-electron chi connectivity index (χ4n) is 3.32. The second-order valence-corrected chi connectivity index (χ2v) is 6.18. The van der Waals surface area contributed by atoms with E-state index in [4.69, 9.17) is 4.42 Å². The van der Waals surface area contributed by atoms with Crippen molar-refractivity contribution in [2.45, 2.75) is 0 Å². The highest BCUT2D eigenvalue weighted by Crippen LogP contribution is 2.34. The molecule has 1 nitrogen and oxygen atoms in total. The molecule has 0 unspecified atom stereocenters. The van der Waals surface area contributed by atoms with E-state index in [1.165, 1.54) is 16.7 Å². The number of hydrogen-bond donors (Lipinski definition) is 0. The highest BCUT2D eigenvalue weighted by Gasteiger charge is 2.10. The number of rotatable bonds is 2. The Morgan fingerprint density at radius 3 is 1.92 bits per heavy atom. The van der Waals surface area contributed by atoms with Gasteiger partial charge in [-0.3, -0.25) is 0 Å². The molecule has 0 fully saturated rings. The lowest BCUT2D eigenvalue weighted by Crippen LogP contribution is -1.78. The molecule has 1 aromatic heterocycles. The lowest BCUT2D eigenvalue weighted by atomic mass is 10.0. The Morgan fingerprint density at radius 2 is 1.20 bits per heavy atom. The van der Waals surface area contributed by atoms with Crippen LogP contribution in [0.5, 0.6) is 0 Å². The van der Waals surface area contributed by atoms with Crippen molar-refractivity contribution in [3.8, 4) is 22.3 Å². The van der Waals surface area contributed by atoms with Crippen LogP contribution in [0.4, 0.5) is 0 Å². The van der Waals surface area contributed by atoms with Crippen LogP contribution in [0.25, 0.3) is 44.2 Å². The maximum absolute atomic E-state index is 5.98. The van der Waals surface area contributed by atoms with E-state index in [1.54, 1.807) is 0 Å². The maximum atomic E-state index is 5.98. The third-order valence-corrected chi connectivity index (χ3v) is 4.60. The van der Waals surface area contributed by atoms with Crippen LogP contribution in [0.3, 0.4) is 0 Å². The van der Waals surface area contributed by atoms with Crippen molar-refractivity contribution in [2.24, 2.45) is 0 Å². The predicted octanol–water partition coefficient (Wildman–Crippen LogP) is 6.72. The third kappa shape index (κ3) is 2.41. The van der Waals surface area contributed by atoms with Gasteiger partial charge in [0.15, 0.2) is 0 Å². The fraction of sp³-hybridized carbons (Fsp3) is 0. The zero-order valence-corrected chi connectivity index (χ0v) is 13.6. The van der Waals surface area contributed by atoms with Crippen LogP contribution in [-0.2, 0) is 0 Å². The average molecular weight is 319 g/mol. The van der Waals surface area contributed by atoms with Gasteiger partial charge in [-0.15, -0.1) is 0 Å². The molecule has 0 saturated heterocycles. The van der Waals surface area contributed by atoms with E-state index < -0.39 is 0 Å². The molecule has 0 atom stereocenters. The Hall–Kier alpha value is -3.32. The van der Waals surface area contributed by atoms with Crippen LogP contribution in [0.1, 0.15) is 0 Å². The standard InChI is InChI=1S/C24H15O/c1-3-7-17(8-4-1)19-11-13-23-21(15-19)22-16-20(12-14-24(22)25-23)18-9-5-2-6-10-18/h1-13,15-16H. The summed E-state index contributed by atoms with van der Waals surface area (Å²) in [6, 6.07) is 34.7. The van der Waals surface area contributed by atoms with Gasteiger partial charge in [0.05, 0.1) is 0 Å². The number of benzene rings is 4. The van der Waals surface area contributed by atoms with Crippen LogP contribution >= 0.6 is 0 Å². The Morgan fingerprint density at radius 1 is 0.560 bits per heavy atom. The van der Waals surface area contributed by atoms with Crippen molar-refractivity contribution in [2.75, 3.05) is 0 Å². The monoisotopic (exact) mass is 319 g/mol. The lowest BCUT2D eigenvalue weighted by molar-refractivity contribution is 0.668. The molecule has 5 rings (SSSR count). The summed E-state index contributed by atoms with van der Waals surface area (Å²) in [7, 11) is 0. The van der Waals surface area contributed by atoms with Crippen LogP contribution < -0.4 is 0 Å². The van der Waals surface area contributed by atoms with E-state index in [9.17, 15) is 0 Å². The Bertz CT molecular complexity index is 1070. The summed E-state index contributed by atoms with van der Waals surface area (Å²) in [5.74, 6) is 0. The minimum atomic E-state index is 0.805. The van der Waals surface area contributed by atoms with Crippen molar-refractivity contribution in [1.82, 2.24) is 0 Å². The highest BCUT2D eigenvalue weighted by molar-refractivity contribution is 6.07. The fourth-order valence-corrected chi connectivity index (χ4v) is 3.32. The molecule has 0 spiro atoms. The normalized spacial score (nSPS) is 11.2. The van der Waals surface area contributed by atoms with Gasteiger partial charge in [-0.2, -0.15) is 0 Å². The van der Waals surface area contributed by atoms with Gasteiger partial charge < -0.3 is 4.42 Å². The summed E-state index contributed by atoms with van der Waals surface area (Å²) in [6.45, 7) is 0. The first-order valence-corrected chi connectivity index (χ1v) is 8.37. The van der Waals surface area contributed by atoms with Gasteiger partial charge in [0, 0.05) is 16.8 Å². The molecule has 0 aliphatic rings. The molecule has 0 amide bonds. The molecular weight excluding hydrogens is 304 g/mol. The van der Waals surface area contributed by atoms with E-state index in [0.717, 1.165) is 27.5 Å². The number of furan rings is 1. The Balaban J connectivity index is 1.73. The van der Waals surface area contributed by atoms with Crippen molar-refractivity contribution in [1.29, 1.82) is 0 Å². The quantitative estimate of drug-likeness (QED) is 0.352. The first kappa shape index (κ1) is 14.1. The summed E-state index contributed by atoms with van der Waals surface area (Å²) >= 11 is 0. The molecule has 0 N–H and O–H groups in total. The number of fused-ring (bicyclic) bond motifs is 3. The average Bonchev–Trinajstić information content (AvgIpc) is 3.06. The van der Waals surface area contributed by atoms with E-state index in [2.05, 4.69) is 72.8 Å². The van der Waals surface area contributed by atoms with Gasteiger partial charge >= 0.3 is 0 Å². The number of hydrogen-bond acceptors (Lipinski definition) is 1. The van der Waals surface area contributed by atoms with Gasteiger partial charge in [0.25, 0.3) is 0 Å². The van der Waals surface area contributed by atoms with Crippen LogP contribution in [-0.4, -0.2) is 0 Å². The zero-order valence-electron chi connectivity index (χ0n) is 13.6. The van der Waals surface area contributed by atoms with Gasteiger partial charge in [-0.05, 0) is 46.5 Å². The minimum Gasteiger partial charge on any atom is -0.455 e. The van der Waals surface area contributed by atoms with E-state index in [0.29, 0.717) is 0 Å². The molecule has 0 aliphatic carbocycles. The molecule has 5 aromatic rings. The largest absolute Gasteiger partial charge is 0.455 e. The van der Waals surface area contributed by atoms with E-state index in [1.807, 2.05) is 24.3 Å². The molecule has 1 heteroatoms. The summed E-state index contributed by atoms with van der Waals surface area (Å²) in [5, 5.41) is 2.24. The van der Waals surface area contributed by atoms with Crippen molar-refractivity contribution in [3.05, 3.63) is 97.1 Å². The molecule has 25 heavy (non-hydrogen) atoms. The summed E-state index contributed by atoms with van der Waals surface area (Å²) in [4.78, 5) is 0. The van der Waals surface area contributed by atoms with Crippen molar-refractivity contribution < 1.29 is 4.42 Å². The second kappa shape index (κ2) is 5.64. The zero-order chi connectivity index (χ0) is 16.6. The summed E-state index contributed by atoms with van der Waals surface area (Å²) in [6.07, 6.45) is 0. The molecular formula is C24H15O. The van der Waals surface area contributed by atoms with Crippen molar-refractivity contribution in [3.63, 3.8) is 0 Å². The smallest absolute Gasteiger partial charge is 0.143 e. The summed E-state index contributed by atoms with van der Waals surface area (Å²) < 4.78 is 5.98. The molecule has 0 aliphatic heterocycles. The summed E-state index contributed by atoms with van der Waals surface area (Å²) in [5.41, 5.74) is 6.45. The molecule has 117 valence electrons. The van der Waals surface area contributed by atoms with Gasteiger partial charge in [0.2, 0.25) is 0 Å². The Kier molecular flexibility index (Phi) is 3.17. The maximum Gasteiger partial charge on any atom is 0.143 e. The van der Waals surface area contributed by atoms with E-state index in [-0.39, 0.29) is 0 Å². The molecule has 0 bridgehead atoms. The van der Waals surface area contributed by atoms with Crippen LogP contribution in [0, 0.1) is 6.07 Å². The second-order valence-electron chi connectivity index (χ2n) is 6.18. The molecule has 1 heterocycles. The topological polar surface area (TPSA) is 13.1 Å². The third-order valence-electron chi connectivity index (χ3n) is 4.60. The van der Waals surface area contributed by atoms with E-state index >= 15 is 0 Å². The first-order valence-electron chi connectivity index (χ1n) is 8.37. The molecule has 1 radical (unpaired) electrons. The first-order chi connectivity index (χ1) is 12.4. The predicted molar refractivity (Wildman–Crippen MR) is 103 cm³/mol. The van der Waals surface area contributed by atoms with Gasteiger partial charge in [-0.1, -0.05) is 66.7 Å². The molecule has 0 saturated carbocycles. The molecule has 4 aromatic carbocycles. The minimum absolute atomic E-state index is 0.805. The lowest BCUT2D eigenvalue weighted by Gasteiger charge is -2.02. The van der Waals surface area contributed by atoms with Crippen LogP contribution in [0.2, 0.25) is 0 Å². The SMILES string of the molecule is [c]1cc(-c2ccccc2)cc2c1oc1ccc(-c3ccccc3)cc12.